The van der Waals surface area contributed by atoms with Gasteiger partial charge in [-0.2, -0.15) is 0 Å². The van der Waals surface area contributed by atoms with Crippen molar-refractivity contribution in [3.05, 3.63) is 25.0 Å². The molecule has 0 aliphatic carbocycles. The first-order valence-corrected chi connectivity index (χ1v) is 7.04. The third-order valence-electron chi connectivity index (χ3n) is 3.40. The second-order valence-corrected chi connectivity index (χ2v) is 4.80. The summed E-state index contributed by atoms with van der Waals surface area (Å²) in [5.74, 6) is 0.861. The van der Waals surface area contributed by atoms with Crippen molar-refractivity contribution in [2.75, 3.05) is 25.0 Å². The number of likely N-dealkylation sites (tertiary alicyclic amines) is 1. The highest BCUT2D eigenvalue weighted by atomic mass is 16.6. The molecule has 0 aromatic carbocycles. The fourth-order valence-electron chi connectivity index (χ4n) is 2.34. The van der Waals surface area contributed by atoms with Crippen molar-refractivity contribution in [2.45, 2.75) is 32.4 Å². The van der Waals surface area contributed by atoms with Crippen LogP contribution in [-0.2, 0) is 11.3 Å². The Morgan fingerprint density at radius 3 is 3.00 bits per heavy atom. The van der Waals surface area contributed by atoms with E-state index in [-0.39, 0.29) is 6.09 Å². The number of carbonyl (C=O) groups excluding carboxylic acids is 1. The van der Waals surface area contributed by atoms with Crippen LogP contribution in [0.2, 0.25) is 0 Å². The molecule has 6 nitrogen and oxygen atoms in total. The third kappa shape index (κ3) is 3.53. The van der Waals surface area contributed by atoms with Crippen molar-refractivity contribution < 1.29 is 9.53 Å². The van der Waals surface area contributed by atoms with Gasteiger partial charge in [0.05, 0.1) is 6.61 Å². The molecule has 110 valence electrons. The van der Waals surface area contributed by atoms with E-state index in [2.05, 4.69) is 16.9 Å². The zero-order valence-corrected chi connectivity index (χ0v) is 11.9. The predicted molar refractivity (Wildman–Crippen MR) is 77.7 cm³/mol. The number of allylic oxidation sites excluding steroid dienone is 1. The van der Waals surface area contributed by atoms with Crippen LogP contribution in [0.3, 0.4) is 0 Å². The molecule has 1 amide bonds. The number of carbonyl (C=O) groups is 1. The highest BCUT2D eigenvalue weighted by Crippen LogP contribution is 2.16. The summed E-state index contributed by atoms with van der Waals surface area (Å²) < 4.78 is 7.03. The fourth-order valence-corrected chi connectivity index (χ4v) is 2.34. The van der Waals surface area contributed by atoms with Gasteiger partial charge in [0.25, 0.3) is 0 Å². The Balaban J connectivity index is 1.83. The highest BCUT2D eigenvalue weighted by molar-refractivity contribution is 5.67. The van der Waals surface area contributed by atoms with Crippen molar-refractivity contribution in [3.8, 4) is 0 Å². The fraction of sp³-hybridized carbons (Fsp3) is 0.571. The number of amides is 1. The zero-order valence-electron chi connectivity index (χ0n) is 11.9. The molecule has 1 aliphatic rings. The van der Waals surface area contributed by atoms with E-state index >= 15 is 0 Å². The van der Waals surface area contributed by atoms with Crippen LogP contribution in [-0.4, -0.2) is 46.3 Å². The van der Waals surface area contributed by atoms with Crippen LogP contribution in [0.1, 0.15) is 19.8 Å². The van der Waals surface area contributed by atoms with Gasteiger partial charge in [0, 0.05) is 38.1 Å². The highest BCUT2D eigenvalue weighted by Gasteiger charge is 2.24. The van der Waals surface area contributed by atoms with E-state index in [1.165, 1.54) is 0 Å². The van der Waals surface area contributed by atoms with E-state index in [4.69, 9.17) is 4.74 Å². The lowest BCUT2D eigenvalue weighted by molar-refractivity contribution is 0.0983. The average molecular weight is 278 g/mol. The zero-order chi connectivity index (χ0) is 14.4. The van der Waals surface area contributed by atoms with Crippen LogP contribution in [0.5, 0.6) is 0 Å². The predicted octanol–water partition coefficient (Wildman–Crippen LogP) is 2.10. The average Bonchev–Trinajstić information content (AvgIpc) is 2.88. The van der Waals surface area contributed by atoms with Crippen LogP contribution >= 0.6 is 0 Å². The molecule has 0 saturated carbocycles. The summed E-state index contributed by atoms with van der Waals surface area (Å²) in [6.07, 6.45) is 7.15. The Morgan fingerprint density at radius 2 is 2.35 bits per heavy atom. The monoisotopic (exact) mass is 278 g/mol. The minimum absolute atomic E-state index is 0.209. The van der Waals surface area contributed by atoms with E-state index in [1.54, 1.807) is 11.1 Å². The number of imidazole rings is 1. The molecule has 0 unspecified atom stereocenters. The van der Waals surface area contributed by atoms with Crippen LogP contribution in [0.15, 0.2) is 25.0 Å². The standard InChI is InChI=1S/C14H22N4O2/c1-3-8-17-11-7-15-13(17)16-12-5-9-18(10-6-12)14(19)20-4-2/h3,7,11-12H,1,4-6,8-10H2,2H3,(H,15,16). The minimum atomic E-state index is -0.209. The normalized spacial score (nSPS) is 15.9. The Labute approximate surface area is 119 Å². The van der Waals surface area contributed by atoms with Gasteiger partial charge in [-0.3, -0.25) is 0 Å². The van der Waals surface area contributed by atoms with Crippen molar-refractivity contribution in [3.63, 3.8) is 0 Å². The minimum Gasteiger partial charge on any atom is -0.450 e. The van der Waals surface area contributed by atoms with Gasteiger partial charge in [-0.1, -0.05) is 6.08 Å². The second kappa shape index (κ2) is 6.98. The van der Waals surface area contributed by atoms with E-state index in [0.29, 0.717) is 12.6 Å². The Kier molecular flexibility index (Phi) is 5.03. The lowest BCUT2D eigenvalue weighted by Gasteiger charge is -2.31. The van der Waals surface area contributed by atoms with E-state index in [9.17, 15) is 4.79 Å². The number of piperidine rings is 1. The van der Waals surface area contributed by atoms with Crippen molar-refractivity contribution in [1.29, 1.82) is 0 Å². The topological polar surface area (TPSA) is 59.4 Å². The number of ether oxygens (including phenoxy) is 1. The maximum atomic E-state index is 11.6. The summed E-state index contributed by atoms with van der Waals surface area (Å²) in [6.45, 7) is 8.17. The van der Waals surface area contributed by atoms with E-state index in [0.717, 1.165) is 38.4 Å². The first-order valence-electron chi connectivity index (χ1n) is 7.04. The molecule has 0 bridgehead atoms. The largest absolute Gasteiger partial charge is 0.450 e. The SMILES string of the molecule is C=CCn1ccnc1NC1CCN(C(=O)OCC)CC1. The Bertz CT molecular complexity index is 450. The quantitative estimate of drug-likeness (QED) is 0.838. The smallest absolute Gasteiger partial charge is 0.409 e. The molecule has 20 heavy (non-hydrogen) atoms. The Morgan fingerprint density at radius 1 is 1.60 bits per heavy atom. The van der Waals surface area contributed by atoms with Gasteiger partial charge in [-0.15, -0.1) is 6.58 Å². The van der Waals surface area contributed by atoms with Crippen LogP contribution < -0.4 is 5.32 Å². The summed E-state index contributed by atoms with van der Waals surface area (Å²) in [5, 5.41) is 3.43. The van der Waals surface area contributed by atoms with Crippen molar-refractivity contribution in [1.82, 2.24) is 14.5 Å². The van der Waals surface area contributed by atoms with E-state index < -0.39 is 0 Å². The van der Waals surface area contributed by atoms with Gasteiger partial charge in [0.15, 0.2) is 0 Å². The summed E-state index contributed by atoms with van der Waals surface area (Å²) in [6, 6.07) is 0.339. The molecule has 1 fully saturated rings. The summed E-state index contributed by atoms with van der Waals surface area (Å²) in [5.41, 5.74) is 0. The number of anilines is 1. The second-order valence-electron chi connectivity index (χ2n) is 4.80. The van der Waals surface area contributed by atoms with Gasteiger partial charge in [-0.25, -0.2) is 9.78 Å². The number of hydrogen-bond acceptors (Lipinski definition) is 4. The molecule has 6 heteroatoms. The number of nitrogens with one attached hydrogen (secondary N) is 1. The number of rotatable bonds is 5. The van der Waals surface area contributed by atoms with Gasteiger partial charge >= 0.3 is 6.09 Å². The maximum absolute atomic E-state index is 11.6. The van der Waals surface area contributed by atoms with Gasteiger partial charge in [0.2, 0.25) is 5.95 Å². The third-order valence-corrected chi connectivity index (χ3v) is 3.40. The van der Waals surface area contributed by atoms with Crippen LogP contribution in [0.4, 0.5) is 10.7 Å². The lowest BCUT2D eigenvalue weighted by Crippen LogP contribution is -2.42. The lowest BCUT2D eigenvalue weighted by atomic mass is 10.1. The van der Waals surface area contributed by atoms with Crippen LogP contribution in [0.25, 0.3) is 0 Å². The maximum Gasteiger partial charge on any atom is 0.409 e. The molecule has 1 aromatic rings. The Hall–Kier alpha value is -1.98. The molecule has 2 rings (SSSR count). The molecule has 1 aliphatic heterocycles. The number of hydrogen-bond donors (Lipinski definition) is 1. The molecule has 1 saturated heterocycles. The van der Waals surface area contributed by atoms with Crippen LogP contribution in [0, 0.1) is 0 Å². The summed E-state index contributed by atoms with van der Waals surface area (Å²) in [7, 11) is 0. The molecule has 0 atom stereocenters. The number of aromatic nitrogens is 2. The molecule has 0 spiro atoms. The van der Waals surface area contributed by atoms with Crippen molar-refractivity contribution >= 4 is 12.0 Å². The molecule has 1 N–H and O–H groups in total. The summed E-state index contributed by atoms with van der Waals surface area (Å²) in [4.78, 5) is 17.7. The number of nitrogens with zero attached hydrogens (tertiary/aromatic N) is 3. The van der Waals surface area contributed by atoms with Gasteiger partial charge in [0.1, 0.15) is 0 Å². The molecule has 1 aromatic heterocycles. The first-order chi connectivity index (χ1) is 9.74. The van der Waals surface area contributed by atoms with Crippen molar-refractivity contribution in [2.24, 2.45) is 0 Å². The first kappa shape index (κ1) is 14.4. The van der Waals surface area contributed by atoms with Gasteiger partial charge in [-0.05, 0) is 19.8 Å². The molecule has 2 heterocycles. The van der Waals surface area contributed by atoms with Gasteiger partial charge < -0.3 is 19.5 Å². The molecular formula is C14H22N4O2. The molecular weight excluding hydrogens is 256 g/mol. The summed E-state index contributed by atoms with van der Waals surface area (Å²) >= 11 is 0. The molecule has 0 radical (unpaired) electrons. The van der Waals surface area contributed by atoms with E-state index in [1.807, 2.05) is 23.8 Å².